The molecule has 0 bridgehead atoms. The maximum atomic E-state index is 8.86. The van der Waals surface area contributed by atoms with Crippen LogP contribution in [0.25, 0.3) is 0 Å². The first kappa shape index (κ1) is 7.90. The third-order valence-electron chi connectivity index (χ3n) is 1.37. The van der Waals surface area contributed by atoms with E-state index in [-0.39, 0.29) is 6.10 Å². The molecule has 2 atom stereocenters. The first-order valence-electron chi connectivity index (χ1n) is 2.98. The van der Waals surface area contributed by atoms with Gasteiger partial charge in [-0.2, -0.15) is 0 Å². The Morgan fingerprint density at radius 2 is 2.44 bits per heavy atom. The summed E-state index contributed by atoms with van der Waals surface area (Å²) in [6.45, 7) is 0.668. The Morgan fingerprint density at radius 1 is 1.67 bits per heavy atom. The number of rotatable bonds is 2. The van der Waals surface area contributed by atoms with Gasteiger partial charge < -0.3 is 0 Å². The van der Waals surface area contributed by atoms with Gasteiger partial charge in [0.25, 0.3) is 0 Å². The van der Waals surface area contributed by atoms with Crippen molar-refractivity contribution in [2.24, 2.45) is 0 Å². The quantitative estimate of drug-likeness (QED) is 0.703. The molecule has 1 aliphatic heterocycles. The molecule has 4 heteroatoms. The molecule has 0 aromatic carbocycles. The fraction of sp³-hybridized carbons (Fsp3) is 1.00. The van der Waals surface area contributed by atoms with E-state index in [2.05, 4.69) is 0 Å². The van der Waals surface area contributed by atoms with Crippen molar-refractivity contribution in [2.45, 2.75) is 25.2 Å². The van der Waals surface area contributed by atoms with E-state index < -0.39 is 6.29 Å². The van der Waals surface area contributed by atoms with E-state index in [0.29, 0.717) is 32.8 Å². The summed E-state index contributed by atoms with van der Waals surface area (Å²) < 4.78 is 10.1. The molecule has 0 spiro atoms. The van der Waals surface area contributed by atoms with Crippen molar-refractivity contribution in [3.8, 4) is 0 Å². The third kappa shape index (κ3) is 2.48. The molecule has 50 valence electrons. The van der Waals surface area contributed by atoms with E-state index in [0.717, 1.165) is 12.8 Å². The van der Waals surface area contributed by atoms with Crippen LogP contribution in [0.1, 0.15) is 12.8 Å². The molecule has 0 saturated carbocycles. The van der Waals surface area contributed by atoms with E-state index in [1.807, 2.05) is 0 Å². The Kier molecular flexibility index (Phi) is 3.38. The molecule has 0 amide bonds. The van der Waals surface area contributed by atoms with Crippen LogP contribution in [0.15, 0.2) is 0 Å². The van der Waals surface area contributed by atoms with Crippen molar-refractivity contribution in [3.63, 3.8) is 0 Å². The van der Waals surface area contributed by atoms with Crippen LogP contribution >= 0.6 is 0 Å². The summed E-state index contributed by atoms with van der Waals surface area (Å²) in [5.41, 5.74) is 0. The first-order valence-corrected chi connectivity index (χ1v) is 4.81. The minimum absolute atomic E-state index is 0.157. The predicted molar refractivity (Wildman–Crippen MR) is 31.8 cm³/mol. The monoisotopic (exact) mass is 322 g/mol. The maximum absolute atomic E-state index is 8.86. The topological polar surface area (TPSA) is 38.7 Å². The molecular weight excluding hydrogens is 312 g/mol. The second-order valence-electron chi connectivity index (χ2n) is 2.12. The normalized spacial score (nSPS) is 35.1. The zero-order valence-corrected chi connectivity index (χ0v) is 9.61. The molecule has 0 aliphatic carbocycles. The first-order chi connectivity index (χ1) is 4.33. The molecule has 1 fully saturated rings. The molecule has 1 N–H and O–H groups in total. The van der Waals surface area contributed by atoms with Crippen LogP contribution < -0.4 is 0 Å². The van der Waals surface area contributed by atoms with Crippen LogP contribution in [-0.4, -0.2) is 50.3 Å². The van der Waals surface area contributed by atoms with Gasteiger partial charge in [-0.25, -0.2) is 0 Å². The van der Waals surface area contributed by atoms with Gasteiger partial charge in [-0.3, -0.25) is 0 Å². The van der Waals surface area contributed by atoms with E-state index in [9.17, 15) is 0 Å². The summed E-state index contributed by atoms with van der Waals surface area (Å²) in [5.74, 6) is 0. The van der Waals surface area contributed by atoms with Crippen molar-refractivity contribution in [3.05, 3.63) is 0 Å². The van der Waals surface area contributed by atoms with Crippen LogP contribution in [0, 0.1) is 0 Å². The van der Waals surface area contributed by atoms with Crippen LogP contribution in [0.2, 0.25) is 0 Å². The average molecular weight is 322 g/mol. The number of ether oxygens (including phenoxy) is 1. The molecule has 1 rings (SSSR count). The SMILES string of the molecule is OC1CCC(C[O][Tl])O1. The zero-order chi connectivity index (χ0) is 6.69. The van der Waals surface area contributed by atoms with Crippen LogP contribution in [0.5, 0.6) is 0 Å². The summed E-state index contributed by atoms with van der Waals surface area (Å²) in [7, 11) is 0. The van der Waals surface area contributed by atoms with Crippen molar-refractivity contribution < 1.29 is 12.5 Å². The van der Waals surface area contributed by atoms with Gasteiger partial charge in [0.15, 0.2) is 0 Å². The van der Waals surface area contributed by atoms with Crippen LogP contribution in [0.3, 0.4) is 0 Å². The molecule has 0 radical (unpaired) electrons. The Balaban J connectivity index is 2.14. The number of hydrogen-bond donors (Lipinski definition) is 1. The van der Waals surface area contributed by atoms with Gasteiger partial charge in [0, 0.05) is 0 Å². The second-order valence-corrected chi connectivity index (χ2v) is 3.42. The average Bonchev–Trinajstić information content (AvgIpc) is 2.17. The Hall–Kier alpha value is 0.802. The summed E-state index contributed by atoms with van der Waals surface area (Å²) in [6.07, 6.45) is 1.33. The van der Waals surface area contributed by atoms with Crippen LogP contribution in [-0.2, 0) is 7.42 Å². The van der Waals surface area contributed by atoms with E-state index >= 15 is 0 Å². The van der Waals surface area contributed by atoms with Crippen molar-refractivity contribution in [2.75, 3.05) is 6.61 Å². The predicted octanol–water partition coefficient (Wildman–Crippen LogP) is -0.416. The van der Waals surface area contributed by atoms with Gasteiger partial charge in [-0.05, 0) is 0 Å². The van der Waals surface area contributed by atoms with Gasteiger partial charge in [0.2, 0.25) is 0 Å². The Labute approximate surface area is 70.7 Å². The van der Waals surface area contributed by atoms with Gasteiger partial charge in [-0.1, -0.05) is 0 Å². The zero-order valence-electron chi connectivity index (χ0n) is 5.12. The Bertz CT molecular complexity index is 86.3. The van der Waals surface area contributed by atoms with Gasteiger partial charge in [0.05, 0.1) is 0 Å². The molecule has 1 aliphatic rings. The molecule has 1 heterocycles. The molecular formula is C5H9O3Tl. The fourth-order valence-corrected chi connectivity index (χ4v) is 1.75. The van der Waals surface area contributed by atoms with Crippen LogP contribution in [0.4, 0.5) is 0 Å². The van der Waals surface area contributed by atoms with E-state index in [1.165, 1.54) is 0 Å². The molecule has 1 saturated heterocycles. The van der Waals surface area contributed by atoms with Gasteiger partial charge in [0.1, 0.15) is 0 Å². The number of aliphatic hydroxyl groups is 1. The van der Waals surface area contributed by atoms with Crippen molar-refractivity contribution in [1.82, 2.24) is 0 Å². The van der Waals surface area contributed by atoms with E-state index in [1.54, 1.807) is 0 Å². The fourth-order valence-electron chi connectivity index (χ4n) is 0.917. The Morgan fingerprint density at radius 3 is 2.89 bits per heavy atom. The van der Waals surface area contributed by atoms with Crippen molar-refractivity contribution in [1.29, 1.82) is 0 Å². The molecule has 3 nitrogen and oxygen atoms in total. The third-order valence-corrected chi connectivity index (χ3v) is 2.12. The molecule has 0 aromatic rings. The second kappa shape index (κ2) is 3.85. The molecule has 9 heavy (non-hydrogen) atoms. The number of hydrogen-bond acceptors (Lipinski definition) is 3. The van der Waals surface area contributed by atoms with Gasteiger partial charge >= 0.3 is 70.6 Å². The summed E-state index contributed by atoms with van der Waals surface area (Å²) in [6, 6.07) is 0. The van der Waals surface area contributed by atoms with Crippen molar-refractivity contribution >= 4 is 26.2 Å². The minimum atomic E-state index is -0.532. The van der Waals surface area contributed by atoms with Gasteiger partial charge in [-0.15, -0.1) is 0 Å². The van der Waals surface area contributed by atoms with E-state index in [4.69, 9.17) is 12.5 Å². The molecule has 2 unspecified atom stereocenters. The summed E-state index contributed by atoms with van der Waals surface area (Å²) >= 11 is 0.580. The summed E-state index contributed by atoms with van der Waals surface area (Å²) in [5, 5.41) is 8.86. The summed E-state index contributed by atoms with van der Waals surface area (Å²) in [4.78, 5) is 0. The number of aliphatic hydroxyl groups excluding tert-OH is 1. The molecule has 0 aromatic heterocycles. The standard InChI is InChI=1S/C5H9O3.Tl/c6-3-4-1-2-5(7)8-4;/h4-5,7H,1-3H2;/q-1;+1.